The first-order valence-electron chi connectivity index (χ1n) is 7.18. The number of hydrogen-bond acceptors (Lipinski definition) is 6. The first-order valence-corrected chi connectivity index (χ1v) is 9.36. The number of nitro groups is 1. The summed E-state index contributed by atoms with van der Waals surface area (Å²) in [6.07, 6.45) is 0.878. The molecule has 8 heteroatoms. The Morgan fingerprint density at radius 1 is 1.25 bits per heavy atom. The van der Waals surface area contributed by atoms with Crippen LogP contribution in [-0.4, -0.2) is 22.3 Å². The molecular weight excluding hydrogens is 368 g/mol. The standard InChI is InChI=1S/C16H13ClN2O3S2/c17-11-2-5-13(6-3-11)22-8-1-9-23-16-18-14-7-4-12(19(20)21)10-15(14)24-16/h2-7,10H,1,8-9H2. The van der Waals surface area contributed by atoms with Crippen molar-refractivity contribution in [1.29, 1.82) is 0 Å². The molecule has 1 aromatic heterocycles. The fourth-order valence-electron chi connectivity index (χ4n) is 2.01. The topological polar surface area (TPSA) is 65.3 Å². The first-order chi connectivity index (χ1) is 11.6. The van der Waals surface area contributed by atoms with Gasteiger partial charge in [-0.2, -0.15) is 0 Å². The van der Waals surface area contributed by atoms with Crippen LogP contribution in [0.3, 0.4) is 0 Å². The number of halogens is 1. The molecule has 124 valence electrons. The third-order valence-corrected chi connectivity index (χ3v) is 5.66. The Balaban J connectivity index is 1.48. The lowest BCUT2D eigenvalue weighted by molar-refractivity contribution is -0.384. The third kappa shape index (κ3) is 4.37. The van der Waals surface area contributed by atoms with Gasteiger partial charge in [0.1, 0.15) is 5.75 Å². The zero-order chi connectivity index (χ0) is 16.9. The van der Waals surface area contributed by atoms with Crippen LogP contribution in [0.5, 0.6) is 5.75 Å². The molecule has 3 rings (SSSR count). The van der Waals surface area contributed by atoms with Crippen molar-refractivity contribution in [3.63, 3.8) is 0 Å². The number of rotatable bonds is 7. The van der Waals surface area contributed by atoms with E-state index in [1.54, 1.807) is 36.0 Å². The molecule has 0 bridgehead atoms. The van der Waals surface area contributed by atoms with Gasteiger partial charge in [0.05, 0.1) is 21.7 Å². The zero-order valence-corrected chi connectivity index (χ0v) is 14.9. The Bertz CT molecular complexity index is 852. The highest BCUT2D eigenvalue weighted by atomic mass is 35.5. The van der Waals surface area contributed by atoms with E-state index in [1.165, 1.54) is 17.4 Å². The van der Waals surface area contributed by atoms with Crippen LogP contribution >= 0.6 is 34.7 Å². The van der Waals surface area contributed by atoms with Crippen LogP contribution in [0.25, 0.3) is 10.2 Å². The summed E-state index contributed by atoms with van der Waals surface area (Å²) in [7, 11) is 0. The Morgan fingerprint density at radius 2 is 2.04 bits per heavy atom. The highest BCUT2D eigenvalue weighted by molar-refractivity contribution is 8.01. The Labute approximate surface area is 151 Å². The summed E-state index contributed by atoms with van der Waals surface area (Å²) in [5.74, 6) is 1.67. The second-order valence-corrected chi connectivity index (χ2v) is 7.70. The number of nitrogens with zero attached hydrogens (tertiary/aromatic N) is 2. The van der Waals surface area contributed by atoms with Crippen molar-refractivity contribution in [2.45, 2.75) is 10.8 Å². The predicted octanol–water partition coefficient (Wildman–Crippen LogP) is 5.42. The maximum absolute atomic E-state index is 10.8. The van der Waals surface area contributed by atoms with Gasteiger partial charge in [-0.15, -0.1) is 11.3 Å². The van der Waals surface area contributed by atoms with Gasteiger partial charge in [0.2, 0.25) is 0 Å². The summed E-state index contributed by atoms with van der Waals surface area (Å²) in [6.45, 7) is 0.616. The number of thioether (sulfide) groups is 1. The van der Waals surface area contributed by atoms with E-state index in [9.17, 15) is 10.1 Å². The number of aromatic nitrogens is 1. The van der Waals surface area contributed by atoms with Crippen LogP contribution in [0, 0.1) is 10.1 Å². The van der Waals surface area contributed by atoms with Crippen molar-refractivity contribution < 1.29 is 9.66 Å². The fourth-order valence-corrected chi connectivity index (χ4v) is 4.22. The smallest absolute Gasteiger partial charge is 0.270 e. The van der Waals surface area contributed by atoms with Gasteiger partial charge >= 0.3 is 0 Å². The Kier molecular flexibility index (Phi) is 5.55. The molecule has 0 atom stereocenters. The molecule has 0 radical (unpaired) electrons. The molecule has 1 heterocycles. The van der Waals surface area contributed by atoms with E-state index in [0.717, 1.165) is 32.5 Å². The average Bonchev–Trinajstić information content (AvgIpc) is 2.98. The fraction of sp³-hybridized carbons (Fsp3) is 0.188. The van der Waals surface area contributed by atoms with Crippen LogP contribution in [-0.2, 0) is 0 Å². The predicted molar refractivity (Wildman–Crippen MR) is 98.6 cm³/mol. The monoisotopic (exact) mass is 380 g/mol. The summed E-state index contributed by atoms with van der Waals surface area (Å²) in [5, 5.41) is 11.5. The SMILES string of the molecule is O=[N+]([O-])c1ccc2nc(SCCCOc3ccc(Cl)cc3)sc2c1. The highest BCUT2D eigenvalue weighted by Crippen LogP contribution is 2.32. The van der Waals surface area contributed by atoms with Crippen molar-refractivity contribution in [2.75, 3.05) is 12.4 Å². The largest absolute Gasteiger partial charge is 0.494 e. The van der Waals surface area contributed by atoms with Crippen LogP contribution in [0.1, 0.15) is 6.42 Å². The molecule has 0 fully saturated rings. The van der Waals surface area contributed by atoms with Crippen molar-refractivity contribution in [1.82, 2.24) is 4.98 Å². The third-order valence-electron chi connectivity index (χ3n) is 3.16. The average molecular weight is 381 g/mol. The van der Waals surface area contributed by atoms with E-state index in [1.807, 2.05) is 12.1 Å². The summed E-state index contributed by atoms with van der Waals surface area (Å²) < 4.78 is 7.39. The first kappa shape index (κ1) is 17.0. The summed E-state index contributed by atoms with van der Waals surface area (Å²) in [4.78, 5) is 14.9. The number of non-ortho nitro benzene ring substituents is 1. The van der Waals surface area contributed by atoms with Crippen LogP contribution in [0.15, 0.2) is 46.8 Å². The summed E-state index contributed by atoms with van der Waals surface area (Å²) in [6, 6.07) is 12.0. The van der Waals surface area contributed by atoms with Crippen LogP contribution < -0.4 is 4.74 Å². The minimum atomic E-state index is -0.389. The van der Waals surface area contributed by atoms with Gasteiger partial charge in [0, 0.05) is 22.9 Å². The maximum atomic E-state index is 10.8. The molecule has 0 aliphatic carbocycles. The highest BCUT2D eigenvalue weighted by Gasteiger charge is 2.10. The minimum Gasteiger partial charge on any atom is -0.494 e. The van der Waals surface area contributed by atoms with Gasteiger partial charge in [-0.25, -0.2) is 4.98 Å². The van der Waals surface area contributed by atoms with Gasteiger partial charge in [0.25, 0.3) is 5.69 Å². The minimum absolute atomic E-state index is 0.0964. The normalized spacial score (nSPS) is 10.9. The zero-order valence-electron chi connectivity index (χ0n) is 12.5. The number of ether oxygens (including phenoxy) is 1. The van der Waals surface area contributed by atoms with Gasteiger partial charge in [-0.1, -0.05) is 23.4 Å². The number of hydrogen-bond donors (Lipinski definition) is 0. The van der Waals surface area contributed by atoms with Crippen LogP contribution in [0.4, 0.5) is 5.69 Å². The quantitative estimate of drug-likeness (QED) is 0.237. The van der Waals surface area contributed by atoms with E-state index >= 15 is 0 Å². The van der Waals surface area contributed by atoms with Crippen molar-refractivity contribution in [3.05, 3.63) is 57.6 Å². The molecular formula is C16H13ClN2O3S2. The molecule has 0 N–H and O–H groups in total. The molecule has 0 saturated carbocycles. The van der Waals surface area contributed by atoms with Crippen molar-refractivity contribution in [2.24, 2.45) is 0 Å². The van der Waals surface area contributed by atoms with Gasteiger partial charge in [0.15, 0.2) is 4.34 Å². The molecule has 0 unspecified atom stereocenters. The molecule has 24 heavy (non-hydrogen) atoms. The van der Waals surface area contributed by atoms with E-state index in [-0.39, 0.29) is 10.6 Å². The second-order valence-electron chi connectivity index (χ2n) is 4.89. The molecule has 5 nitrogen and oxygen atoms in total. The van der Waals surface area contributed by atoms with Crippen molar-refractivity contribution in [3.8, 4) is 5.75 Å². The molecule has 0 saturated heterocycles. The molecule has 0 amide bonds. The number of fused-ring (bicyclic) bond motifs is 1. The molecule has 0 spiro atoms. The van der Waals surface area contributed by atoms with E-state index in [4.69, 9.17) is 16.3 Å². The lowest BCUT2D eigenvalue weighted by Crippen LogP contribution is -1.98. The van der Waals surface area contributed by atoms with E-state index in [2.05, 4.69) is 4.98 Å². The lowest BCUT2D eigenvalue weighted by atomic mass is 10.3. The summed E-state index contributed by atoms with van der Waals surface area (Å²) >= 11 is 8.93. The van der Waals surface area contributed by atoms with Gasteiger partial charge in [-0.3, -0.25) is 10.1 Å². The van der Waals surface area contributed by atoms with Gasteiger partial charge < -0.3 is 4.74 Å². The molecule has 2 aromatic carbocycles. The van der Waals surface area contributed by atoms with E-state index in [0.29, 0.717) is 11.6 Å². The second kappa shape index (κ2) is 7.83. The van der Waals surface area contributed by atoms with E-state index < -0.39 is 0 Å². The Hall–Kier alpha value is -1.83. The number of benzene rings is 2. The van der Waals surface area contributed by atoms with Crippen LogP contribution in [0.2, 0.25) is 5.02 Å². The summed E-state index contributed by atoms with van der Waals surface area (Å²) in [5.41, 5.74) is 0.893. The van der Waals surface area contributed by atoms with Crippen molar-refractivity contribution >= 4 is 50.6 Å². The Morgan fingerprint density at radius 3 is 2.79 bits per heavy atom. The molecule has 0 aliphatic rings. The van der Waals surface area contributed by atoms with Gasteiger partial charge in [-0.05, 0) is 36.8 Å². The number of nitro benzene ring substituents is 1. The lowest BCUT2D eigenvalue weighted by Gasteiger charge is -2.05. The molecule has 0 aliphatic heterocycles. The number of thiazole rings is 1. The molecule has 3 aromatic rings. The maximum Gasteiger partial charge on any atom is 0.270 e.